The summed E-state index contributed by atoms with van der Waals surface area (Å²) in [7, 11) is 0. The highest BCUT2D eigenvalue weighted by Gasteiger charge is 2.14. The fourth-order valence-corrected chi connectivity index (χ4v) is 1.38. The first-order chi connectivity index (χ1) is 6.94. The fraction of sp³-hybridized carbons (Fsp3) is 0.538. The van der Waals surface area contributed by atoms with Crippen LogP contribution >= 0.6 is 0 Å². The first-order valence-electron chi connectivity index (χ1n) is 5.45. The minimum atomic E-state index is -0.0477. The van der Waals surface area contributed by atoms with E-state index in [9.17, 15) is 5.11 Å². The molecule has 15 heavy (non-hydrogen) atoms. The van der Waals surface area contributed by atoms with Gasteiger partial charge < -0.3 is 10.2 Å². The van der Waals surface area contributed by atoms with Crippen LogP contribution in [-0.2, 0) is 6.42 Å². The summed E-state index contributed by atoms with van der Waals surface area (Å²) >= 11 is 0. The largest absolute Gasteiger partial charge is 0.504 e. The summed E-state index contributed by atoms with van der Waals surface area (Å²) in [5.41, 5.74) is 1.42. The van der Waals surface area contributed by atoms with Gasteiger partial charge in [0.15, 0.2) is 11.5 Å². The zero-order valence-electron chi connectivity index (χ0n) is 9.75. The normalized spacial score (nSPS) is 11.7. The Hall–Kier alpha value is -1.18. The van der Waals surface area contributed by atoms with Gasteiger partial charge in [0.1, 0.15) is 0 Å². The second-order valence-electron chi connectivity index (χ2n) is 4.84. The molecule has 0 bridgehead atoms. The molecule has 0 heterocycles. The first kappa shape index (κ1) is 11.9. The molecule has 0 saturated carbocycles. The predicted molar refractivity (Wildman–Crippen MR) is 62.2 cm³/mol. The Bertz CT molecular complexity index is 329. The smallest absolute Gasteiger partial charge is 0.157 e. The monoisotopic (exact) mass is 208 g/mol. The van der Waals surface area contributed by atoms with Crippen molar-refractivity contribution in [1.82, 2.24) is 0 Å². The fourth-order valence-electron chi connectivity index (χ4n) is 1.38. The van der Waals surface area contributed by atoms with Crippen molar-refractivity contribution in [1.29, 1.82) is 0 Å². The molecule has 0 spiro atoms. The third kappa shape index (κ3) is 3.46. The molecule has 0 aromatic heterocycles. The first-order valence-corrected chi connectivity index (χ1v) is 5.45. The van der Waals surface area contributed by atoms with Crippen LogP contribution in [0.4, 0.5) is 0 Å². The highest BCUT2D eigenvalue weighted by atomic mass is 16.3. The van der Waals surface area contributed by atoms with Crippen LogP contribution in [0.1, 0.15) is 39.2 Å². The van der Waals surface area contributed by atoms with Gasteiger partial charge in [-0.05, 0) is 36.0 Å². The van der Waals surface area contributed by atoms with Crippen molar-refractivity contribution < 1.29 is 10.2 Å². The van der Waals surface area contributed by atoms with Gasteiger partial charge in [0.2, 0.25) is 0 Å². The van der Waals surface area contributed by atoms with Crippen LogP contribution in [0.15, 0.2) is 18.2 Å². The lowest BCUT2D eigenvalue weighted by molar-refractivity contribution is 0.322. The minimum absolute atomic E-state index is 0.0261. The molecule has 0 aliphatic carbocycles. The van der Waals surface area contributed by atoms with Gasteiger partial charge in [-0.3, -0.25) is 0 Å². The molecule has 2 N–H and O–H groups in total. The molecule has 0 radical (unpaired) electrons. The van der Waals surface area contributed by atoms with Gasteiger partial charge in [-0.1, -0.05) is 33.3 Å². The van der Waals surface area contributed by atoms with E-state index in [0.29, 0.717) is 5.41 Å². The summed E-state index contributed by atoms with van der Waals surface area (Å²) in [6, 6.07) is 5.05. The van der Waals surface area contributed by atoms with Gasteiger partial charge in [-0.25, -0.2) is 0 Å². The Labute approximate surface area is 91.6 Å². The second kappa shape index (κ2) is 4.56. The molecule has 84 valence electrons. The van der Waals surface area contributed by atoms with Crippen molar-refractivity contribution in [2.24, 2.45) is 5.41 Å². The summed E-state index contributed by atoms with van der Waals surface area (Å²) in [5.74, 6) is -0.0738. The van der Waals surface area contributed by atoms with Gasteiger partial charge in [-0.2, -0.15) is 0 Å². The molecule has 1 aromatic rings. The summed E-state index contributed by atoms with van der Waals surface area (Å²) in [6.07, 6.45) is 3.18. The third-order valence-corrected chi connectivity index (χ3v) is 3.09. The zero-order chi connectivity index (χ0) is 11.5. The maximum absolute atomic E-state index is 9.34. The molecule has 0 aliphatic rings. The number of benzene rings is 1. The molecular weight excluding hydrogens is 188 g/mol. The van der Waals surface area contributed by atoms with Gasteiger partial charge in [0.05, 0.1) is 0 Å². The topological polar surface area (TPSA) is 40.5 Å². The molecule has 0 unspecified atom stereocenters. The highest BCUT2D eigenvalue weighted by molar-refractivity contribution is 5.40. The van der Waals surface area contributed by atoms with Crippen LogP contribution < -0.4 is 0 Å². The van der Waals surface area contributed by atoms with Crippen LogP contribution in [0.25, 0.3) is 0 Å². The molecular formula is C13H20O2. The lowest BCUT2D eigenvalue weighted by atomic mass is 9.84. The van der Waals surface area contributed by atoms with E-state index >= 15 is 0 Å². The average Bonchev–Trinajstić information content (AvgIpc) is 2.20. The molecule has 0 amide bonds. The Morgan fingerprint density at radius 1 is 1.13 bits per heavy atom. The average molecular weight is 208 g/mol. The molecule has 0 fully saturated rings. The summed E-state index contributed by atoms with van der Waals surface area (Å²) < 4.78 is 0. The standard InChI is InChI=1S/C13H20O2/c1-4-13(2,3)8-7-10-5-6-11(14)12(15)9-10/h5-6,9,14-15H,4,7-8H2,1-3H3. The number of rotatable bonds is 4. The van der Waals surface area contributed by atoms with Crippen LogP contribution in [-0.4, -0.2) is 10.2 Å². The Kier molecular flexibility index (Phi) is 3.61. The Morgan fingerprint density at radius 3 is 2.33 bits per heavy atom. The molecule has 2 heteroatoms. The lowest BCUT2D eigenvalue weighted by Gasteiger charge is -2.22. The predicted octanol–water partition coefficient (Wildman–Crippen LogP) is 3.47. The van der Waals surface area contributed by atoms with E-state index in [0.717, 1.165) is 24.8 Å². The molecule has 1 aromatic carbocycles. The molecule has 0 aliphatic heterocycles. The Morgan fingerprint density at radius 2 is 1.80 bits per heavy atom. The van der Waals surface area contributed by atoms with E-state index in [1.807, 2.05) is 6.07 Å². The molecule has 0 atom stereocenters. The molecule has 2 nitrogen and oxygen atoms in total. The number of aromatic hydroxyl groups is 2. The van der Waals surface area contributed by atoms with E-state index in [1.54, 1.807) is 12.1 Å². The summed E-state index contributed by atoms with van der Waals surface area (Å²) in [4.78, 5) is 0. The van der Waals surface area contributed by atoms with E-state index in [1.165, 1.54) is 0 Å². The summed E-state index contributed by atoms with van der Waals surface area (Å²) in [5, 5.41) is 18.5. The number of phenols is 2. The number of hydrogen-bond donors (Lipinski definition) is 2. The van der Waals surface area contributed by atoms with E-state index in [4.69, 9.17) is 5.11 Å². The highest BCUT2D eigenvalue weighted by Crippen LogP contribution is 2.29. The second-order valence-corrected chi connectivity index (χ2v) is 4.84. The lowest BCUT2D eigenvalue weighted by Crippen LogP contribution is -2.10. The van der Waals surface area contributed by atoms with Crippen molar-refractivity contribution >= 4 is 0 Å². The quantitative estimate of drug-likeness (QED) is 0.744. The Balaban J connectivity index is 2.62. The van der Waals surface area contributed by atoms with Crippen molar-refractivity contribution in [2.45, 2.75) is 40.0 Å². The minimum Gasteiger partial charge on any atom is -0.504 e. The number of hydrogen-bond acceptors (Lipinski definition) is 2. The van der Waals surface area contributed by atoms with E-state index in [2.05, 4.69) is 20.8 Å². The van der Waals surface area contributed by atoms with Gasteiger partial charge in [0, 0.05) is 0 Å². The van der Waals surface area contributed by atoms with Gasteiger partial charge in [0.25, 0.3) is 0 Å². The third-order valence-electron chi connectivity index (χ3n) is 3.09. The van der Waals surface area contributed by atoms with Crippen molar-refractivity contribution in [2.75, 3.05) is 0 Å². The summed E-state index contributed by atoms with van der Waals surface area (Å²) in [6.45, 7) is 6.68. The van der Waals surface area contributed by atoms with Gasteiger partial charge >= 0.3 is 0 Å². The maximum Gasteiger partial charge on any atom is 0.157 e. The number of phenolic OH excluding ortho intramolecular Hbond substituents is 2. The van der Waals surface area contributed by atoms with Crippen LogP contribution in [0.2, 0.25) is 0 Å². The van der Waals surface area contributed by atoms with Crippen LogP contribution in [0, 0.1) is 5.41 Å². The van der Waals surface area contributed by atoms with Crippen molar-refractivity contribution in [3.63, 3.8) is 0 Å². The van der Waals surface area contributed by atoms with Crippen LogP contribution in [0.5, 0.6) is 11.5 Å². The number of aryl methyl sites for hydroxylation is 1. The van der Waals surface area contributed by atoms with E-state index in [-0.39, 0.29) is 11.5 Å². The van der Waals surface area contributed by atoms with E-state index < -0.39 is 0 Å². The molecule has 1 rings (SSSR count). The molecule has 0 saturated heterocycles. The van der Waals surface area contributed by atoms with Crippen molar-refractivity contribution in [3.8, 4) is 11.5 Å². The van der Waals surface area contributed by atoms with Crippen LogP contribution in [0.3, 0.4) is 0 Å². The zero-order valence-corrected chi connectivity index (χ0v) is 9.75. The van der Waals surface area contributed by atoms with Crippen molar-refractivity contribution in [3.05, 3.63) is 23.8 Å². The van der Waals surface area contributed by atoms with Gasteiger partial charge in [-0.15, -0.1) is 0 Å². The maximum atomic E-state index is 9.34. The SMILES string of the molecule is CCC(C)(C)CCc1ccc(O)c(O)c1.